The number of carbonyl (C=O) groups excluding carboxylic acids is 1. The van der Waals surface area contributed by atoms with E-state index in [4.69, 9.17) is 9.47 Å². The van der Waals surface area contributed by atoms with E-state index in [0.29, 0.717) is 35.2 Å². The predicted octanol–water partition coefficient (Wildman–Crippen LogP) is 4.80. The maximum absolute atomic E-state index is 13.9. The van der Waals surface area contributed by atoms with E-state index in [2.05, 4.69) is 16.6 Å². The first-order valence-electron chi connectivity index (χ1n) is 10.0. The van der Waals surface area contributed by atoms with E-state index in [0.717, 1.165) is 12.8 Å². The van der Waals surface area contributed by atoms with Crippen molar-refractivity contribution in [3.05, 3.63) is 48.0 Å². The van der Waals surface area contributed by atoms with Gasteiger partial charge in [0, 0.05) is 27.2 Å². The van der Waals surface area contributed by atoms with Crippen LogP contribution in [-0.4, -0.2) is 48.8 Å². The third kappa shape index (κ3) is 5.31. The number of methoxy groups -OCH3 is 1. The predicted molar refractivity (Wildman–Crippen MR) is 121 cm³/mol. The van der Waals surface area contributed by atoms with E-state index in [1.807, 2.05) is 37.3 Å². The van der Waals surface area contributed by atoms with Crippen molar-refractivity contribution in [1.82, 2.24) is 4.31 Å². The lowest BCUT2D eigenvalue weighted by Crippen LogP contribution is -2.27. The Labute approximate surface area is 179 Å². The Balaban J connectivity index is 2.77. The molecule has 164 valence electrons. The number of esters is 1. The highest BCUT2D eigenvalue weighted by Crippen LogP contribution is 2.39. The molecule has 30 heavy (non-hydrogen) atoms. The van der Waals surface area contributed by atoms with Gasteiger partial charge < -0.3 is 14.8 Å². The van der Waals surface area contributed by atoms with E-state index in [1.165, 1.54) is 14.2 Å². The van der Waals surface area contributed by atoms with Crippen molar-refractivity contribution in [1.29, 1.82) is 0 Å². The molecule has 0 aliphatic heterocycles. The molecule has 0 amide bonds. The fourth-order valence-corrected chi connectivity index (χ4v) is 4.69. The molecule has 1 N–H and O–H groups in total. The Morgan fingerprint density at radius 1 is 1.20 bits per heavy atom. The van der Waals surface area contributed by atoms with Crippen LogP contribution in [0.4, 0.5) is 5.69 Å². The minimum absolute atomic E-state index is 0.285. The quantitative estimate of drug-likeness (QED) is 0.430. The Bertz CT molecular complexity index is 970. The van der Waals surface area contributed by atoms with Crippen LogP contribution in [0.1, 0.15) is 37.0 Å². The minimum Gasteiger partial charge on any atom is -0.465 e. The van der Waals surface area contributed by atoms with Gasteiger partial charge >= 0.3 is 5.97 Å². The van der Waals surface area contributed by atoms with E-state index in [1.54, 1.807) is 23.5 Å². The average molecular weight is 434 g/mol. The van der Waals surface area contributed by atoms with Gasteiger partial charge in [0.2, 0.25) is 0 Å². The van der Waals surface area contributed by atoms with Crippen molar-refractivity contribution < 1.29 is 18.5 Å². The molecule has 0 spiro atoms. The van der Waals surface area contributed by atoms with Crippen LogP contribution in [0.5, 0.6) is 11.5 Å². The van der Waals surface area contributed by atoms with Crippen LogP contribution >= 0.6 is 0 Å². The van der Waals surface area contributed by atoms with Gasteiger partial charge in [-0.1, -0.05) is 38.5 Å². The maximum atomic E-state index is 13.9. The molecule has 2 aromatic rings. The zero-order valence-corrected chi connectivity index (χ0v) is 19.1. The molecule has 0 radical (unpaired) electrons. The lowest BCUT2D eigenvalue weighted by molar-refractivity contribution is 0.0600. The summed E-state index contributed by atoms with van der Waals surface area (Å²) < 4.78 is 30.9. The molecule has 0 bridgehead atoms. The molecule has 8 heteroatoms. The van der Waals surface area contributed by atoms with Crippen LogP contribution in [0.3, 0.4) is 0 Å². The number of para-hydroxylation sites is 1. The molecule has 7 nitrogen and oxygen atoms in total. The smallest absolute Gasteiger partial charge is 0.337 e. The summed E-state index contributed by atoms with van der Waals surface area (Å²) in [6.45, 7) is 5.17. The zero-order valence-electron chi connectivity index (χ0n) is 18.3. The van der Waals surface area contributed by atoms with Crippen molar-refractivity contribution in [3.8, 4) is 11.5 Å². The third-order valence-electron chi connectivity index (χ3n) is 4.69. The van der Waals surface area contributed by atoms with Crippen LogP contribution in [0, 0.1) is 0 Å². The lowest BCUT2D eigenvalue weighted by atomic mass is 10.1. The summed E-state index contributed by atoms with van der Waals surface area (Å²) >= 11 is 0. The molecule has 0 fully saturated rings. The Morgan fingerprint density at radius 2 is 1.90 bits per heavy atom. The van der Waals surface area contributed by atoms with Gasteiger partial charge in [0.25, 0.3) is 0 Å². The summed E-state index contributed by atoms with van der Waals surface area (Å²) in [6, 6.07) is 12.5. The van der Waals surface area contributed by atoms with Crippen LogP contribution < -0.4 is 10.1 Å². The summed E-state index contributed by atoms with van der Waals surface area (Å²) in [5.74, 6) is 0.471. The van der Waals surface area contributed by atoms with Crippen molar-refractivity contribution in [2.45, 2.75) is 31.6 Å². The number of rotatable bonds is 10. The first kappa shape index (κ1) is 23.7. The summed E-state index contributed by atoms with van der Waals surface area (Å²) in [5.41, 5.74) is 0.860. The summed E-state index contributed by atoms with van der Waals surface area (Å²) in [7, 11) is 1.55. The normalized spacial score (nSPS) is 12.9. The minimum atomic E-state index is -3.02. The van der Waals surface area contributed by atoms with E-state index in [-0.39, 0.29) is 5.56 Å². The van der Waals surface area contributed by atoms with Gasteiger partial charge in [-0.25, -0.2) is 17.7 Å². The molecule has 0 saturated carbocycles. The second kappa shape index (κ2) is 11.0. The number of nitrogens with zero attached hydrogens (tertiary/aromatic N) is 2. The van der Waals surface area contributed by atoms with Crippen LogP contribution in [0.15, 0.2) is 51.7 Å². The number of hydrogen-bond acceptors (Lipinski definition) is 6. The summed E-state index contributed by atoms with van der Waals surface area (Å²) in [5, 5.41) is 3.33. The van der Waals surface area contributed by atoms with Gasteiger partial charge in [-0.2, -0.15) is 0 Å². The SMILES string of the molecule is CCCCNc1cc(C(=O)OC)cc(S(=O)(=NC)N(C)CC)c1Oc1ccccc1. The van der Waals surface area contributed by atoms with Crippen molar-refractivity contribution in [2.24, 2.45) is 4.36 Å². The first-order chi connectivity index (χ1) is 14.4. The molecular weight excluding hydrogens is 402 g/mol. The zero-order chi connectivity index (χ0) is 22.1. The second-order valence-corrected chi connectivity index (χ2v) is 9.08. The molecule has 0 heterocycles. The van der Waals surface area contributed by atoms with Crippen molar-refractivity contribution in [2.75, 3.05) is 39.6 Å². The average Bonchev–Trinajstić information content (AvgIpc) is 2.78. The van der Waals surface area contributed by atoms with Crippen LogP contribution in [0.25, 0.3) is 0 Å². The van der Waals surface area contributed by atoms with Gasteiger partial charge in [0.15, 0.2) is 5.75 Å². The van der Waals surface area contributed by atoms with Gasteiger partial charge in [-0.15, -0.1) is 0 Å². The van der Waals surface area contributed by atoms with Crippen molar-refractivity contribution >= 4 is 21.6 Å². The van der Waals surface area contributed by atoms with Gasteiger partial charge in [0.05, 0.1) is 18.4 Å². The molecule has 0 saturated heterocycles. The van der Waals surface area contributed by atoms with Crippen LogP contribution in [0.2, 0.25) is 0 Å². The van der Waals surface area contributed by atoms with Crippen molar-refractivity contribution in [3.63, 3.8) is 0 Å². The standard InChI is InChI=1S/C22H31N3O4S/c1-6-8-14-24-19-15-17(22(26)28-5)16-20(30(27,23-3)25(4)7-2)21(19)29-18-12-10-9-11-13-18/h9-13,15-16,24H,6-8,14H2,1-5H3. The second-order valence-electron chi connectivity index (χ2n) is 6.66. The summed E-state index contributed by atoms with van der Waals surface area (Å²) in [6.07, 6.45) is 1.94. The van der Waals surface area contributed by atoms with E-state index in [9.17, 15) is 9.00 Å². The number of benzene rings is 2. The number of unbranched alkanes of at least 4 members (excludes halogenated alkanes) is 1. The van der Waals surface area contributed by atoms with Crippen LogP contribution in [-0.2, 0) is 14.7 Å². The largest absolute Gasteiger partial charge is 0.465 e. The maximum Gasteiger partial charge on any atom is 0.337 e. The van der Waals surface area contributed by atoms with Gasteiger partial charge in [-0.3, -0.25) is 0 Å². The molecule has 1 unspecified atom stereocenters. The number of hydrogen-bond donors (Lipinski definition) is 1. The molecule has 0 aliphatic rings. The molecular formula is C22H31N3O4S. The van der Waals surface area contributed by atoms with Gasteiger partial charge in [-0.05, 0) is 30.7 Å². The topological polar surface area (TPSA) is 80.2 Å². The molecule has 2 rings (SSSR count). The highest BCUT2D eigenvalue weighted by molar-refractivity contribution is 7.91. The van der Waals surface area contributed by atoms with E-state index >= 15 is 0 Å². The highest BCUT2D eigenvalue weighted by atomic mass is 32.2. The first-order valence-corrected chi connectivity index (χ1v) is 11.5. The molecule has 0 aromatic heterocycles. The molecule has 1 atom stereocenters. The highest BCUT2D eigenvalue weighted by Gasteiger charge is 2.27. The van der Waals surface area contributed by atoms with E-state index < -0.39 is 15.9 Å². The van der Waals surface area contributed by atoms with Gasteiger partial charge in [0.1, 0.15) is 20.6 Å². The monoisotopic (exact) mass is 433 g/mol. The fourth-order valence-electron chi connectivity index (χ4n) is 2.86. The Hall–Kier alpha value is -2.58. The third-order valence-corrected chi connectivity index (χ3v) is 7.16. The fraction of sp³-hybridized carbons (Fsp3) is 0.409. The number of ether oxygens (including phenoxy) is 2. The number of nitrogens with one attached hydrogen (secondary N) is 1. The summed E-state index contributed by atoms with van der Waals surface area (Å²) in [4.78, 5) is 12.7. The Kier molecular flexibility index (Phi) is 8.68. The lowest BCUT2D eigenvalue weighted by Gasteiger charge is -2.24. The molecule has 0 aliphatic carbocycles. The number of carbonyl (C=O) groups is 1. The Morgan fingerprint density at radius 3 is 2.47 bits per heavy atom. The molecule has 2 aromatic carbocycles. The number of anilines is 1.